The molecule has 0 aliphatic carbocycles. The highest BCUT2D eigenvalue weighted by Gasteiger charge is 2.19. The fraction of sp³-hybridized carbons (Fsp3) is 0.300. The Morgan fingerprint density at radius 1 is 1.00 bits per heavy atom. The molecule has 150 valence electrons. The maximum Gasteiger partial charge on any atom is 0.253 e. The Morgan fingerprint density at radius 2 is 1.61 bits per heavy atom. The van der Waals surface area contributed by atoms with E-state index in [0.717, 1.165) is 0 Å². The lowest BCUT2D eigenvalue weighted by atomic mass is 10.1. The van der Waals surface area contributed by atoms with E-state index in [1.165, 1.54) is 12.1 Å². The van der Waals surface area contributed by atoms with Crippen molar-refractivity contribution in [1.29, 1.82) is 0 Å². The maximum atomic E-state index is 12.3. The molecule has 0 saturated carbocycles. The molecule has 0 aliphatic rings. The molecule has 2 amide bonds. The Morgan fingerprint density at radius 3 is 2.18 bits per heavy atom. The summed E-state index contributed by atoms with van der Waals surface area (Å²) in [5, 5.41) is 2.78. The van der Waals surface area contributed by atoms with Gasteiger partial charge in [0.25, 0.3) is 5.91 Å². The summed E-state index contributed by atoms with van der Waals surface area (Å²) < 4.78 is 24.7. The van der Waals surface area contributed by atoms with Crippen LogP contribution in [0.2, 0.25) is 5.02 Å². The molecule has 0 bridgehead atoms. The molecule has 0 atom stereocenters. The number of sulfone groups is 1. The highest BCUT2D eigenvalue weighted by Crippen LogP contribution is 2.22. The van der Waals surface area contributed by atoms with E-state index in [2.05, 4.69) is 5.32 Å². The molecule has 2 rings (SSSR count). The third-order valence-corrected chi connectivity index (χ3v) is 6.45. The van der Waals surface area contributed by atoms with Crippen LogP contribution in [0.25, 0.3) is 0 Å². The van der Waals surface area contributed by atoms with Gasteiger partial charge in [0.1, 0.15) is 0 Å². The lowest BCUT2D eigenvalue weighted by Crippen LogP contribution is -2.30. The lowest BCUT2D eigenvalue weighted by molar-refractivity contribution is -0.115. The molecular weight excluding hydrogens is 400 g/mol. The molecule has 0 heterocycles. The van der Waals surface area contributed by atoms with Crippen LogP contribution in [0.5, 0.6) is 0 Å². The van der Waals surface area contributed by atoms with Crippen molar-refractivity contribution >= 4 is 38.9 Å². The standard InChI is InChI=1S/C20H23ClN2O4S/c1-3-23(4-2)20(25)15-9-11-16(12-10-15)22-19(24)13-14-28(26,27)18-8-6-5-7-17(18)21/h5-12H,3-4,13-14H2,1-2H3,(H,22,24). The van der Waals surface area contributed by atoms with Crippen LogP contribution in [0.1, 0.15) is 30.6 Å². The quantitative estimate of drug-likeness (QED) is 0.704. The van der Waals surface area contributed by atoms with E-state index in [1.54, 1.807) is 41.3 Å². The number of nitrogens with zero attached hydrogens (tertiary/aromatic N) is 1. The minimum absolute atomic E-state index is 0.0173. The van der Waals surface area contributed by atoms with Crippen LogP contribution in [0.15, 0.2) is 53.4 Å². The topological polar surface area (TPSA) is 83.6 Å². The second kappa shape index (κ2) is 9.71. The second-order valence-electron chi connectivity index (χ2n) is 6.10. The van der Waals surface area contributed by atoms with Gasteiger partial charge in [-0.05, 0) is 50.2 Å². The van der Waals surface area contributed by atoms with Gasteiger partial charge in [-0.25, -0.2) is 8.42 Å². The number of hydrogen-bond donors (Lipinski definition) is 1. The molecule has 8 heteroatoms. The molecule has 0 radical (unpaired) electrons. The molecule has 0 fully saturated rings. The smallest absolute Gasteiger partial charge is 0.253 e. The molecular formula is C20H23ClN2O4S. The molecule has 2 aromatic carbocycles. The number of halogens is 1. The van der Waals surface area contributed by atoms with E-state index in [0.29, 0.717) is 24.3 Å². The van der Waals surface area contributed by atoms with Crippen LogP contribution < -0.4 is 5.32 Å². The van der Waals surface area contributed by atoms with Crippen LogP contribution in [-0.4, -0.2) is 44.0 Å². The third-order valence-electron chi connectivity index (χ3n) is 4.24. The van der Waals surface area contributed by atoms with Gasteiger partial charge in [0.2, 0.25) is 5.91 Å². The summed E-state index contributed by atoms with van der Waals surface area (Å²) in [6.07, 6.45) is -0.201. The molecule has 28 heavy (non-hydrogen) atoms. The summed E-state index contributed by atoms with van der Waals surface area (Å²) in [5.74, 6) is -0.853. The first-order valence-electron chi connectivity index (χ1n) is 8.95. The van der Waals surface area contributed by atoms with Crippen molar-refractivity contribution in [3.63, 3.8) is 0 Å². The predicted octanol–water partition coefficient (Wildman–Crippen LogP) is 3.62. The second-order valence-corrected chi connectivity index (χ2v) is 8.59. The van der Waals surface area contributed by atoms with E-state index in [1.807, 2.05) is 13.8 Å². The Bertz CT molecular complexity index is 939. The summed E-state index contributed by atoms with van der Waals surface area (Å²) in [7, 11) is -3.65. The van der Waals surface area contributed by atoms with Gasteiger partial charge in [0.15, 0.2) is 9.84 Å². The van der Waals surface area contributed by atoms with Gasteiger partial charge in [-0.2, -0.15) is 0 Å². The van der Waals surface area contributed by atoms with Crippen molar-refractivity contribution in [3.05, 3.63) is 59.1 Å². The number of amides is 2. The SMILES string of the molecule is CCN(CC)C(=O)c1ccc(NC(=O)CCS(=O)(=O)c2ccccc2Cl)cc1. The minimum Gasteiger partial charge on any atom is -0.339 e. The average molecular weight is 423 g/mol. The summed E-state index contributed by atoms with van der Waals surface area (Å²) in [6.45, 7) is 5.06. The van der Waals surface area contributed by atoms with E-state index < -0.39 is 15.7 Å². The molecule has 0 aromatic heterocycles. The third kappa shape index (κ3) is 5.56. The maximum absolute atomic E-state index is 12.3. The molecule has 1 N–H and O–H groups in total. The van der Waals surface area contributed by atoms with E-state index >= 15 is 0 Å². The normalized spacial score (nSPS) is 11.1. The van der Waals surface area contributed by atoms with Gasteiger partial charge in [-0.1, -0.05) is 23.7 Å². The van der Waals surface area contributed by atoms with Crippen LogP contribution in [0, 0.1) is 0 Å². The van der Waals surface area contributed by atoms with Gasteiger partial charge in [0.05, 0.1) is 15.7 Å². The average Bonchev–Trinajstić information content (AvgIpc) is 2.68. The predicted molar refractivity (Wildman–Crippen MR) is 110 cm³/mol. The first-order valence-corrected chi connectivity index (χ1v) is 11.0. The first kappa shape index (κ1) is 21.9. The zero-order valence-electron chi connectivity index (χ0n) is 15.8. The Hall–Kier alpha value is -2.38. The minimum atomic E-state index is -3.65. The van der Waals surface area contributed by atoms with Crippen molar-refractivity contribution in [3.8, 4) is 0 Å². The summed E-state index contributed by atoms with van der Waals surface area (Å²) in [6, 6.07) is 12.7. The monoisotopic (exact) mass is 422 g/mol. The van der Waals surface area contributed by atoms with Gasteiger partial charge in [-0.15, -0.1) is 0 Å². The zero-order chi connectivity index (χ0) is 20.7. The fourth-order valence-electron chi connectivity index (χ4n) is 2.65. The summed E-state index contributed by atoms with van der Waals surface area (Å²) in [5.41, 5.74) is 1.03. The van der Waals surface area contributed by atoms with Crippen molar-refractivity contribution in [2.24, 2.45) is 0 Å². The van der Waals surface area contributed by atoms with Crippen LogP contribution in [0.4, 0.5) is 5.69 Å². The molecule has 2 aromatic rings. The van der Waals surface area contributed by atoms with Crippen molar-refractivity contribution in [2.45, 2.75) is 25.2 Å². The summed E-state index contributed by atoms with van der Waals surface area (Å²) >= 11 is 5.93. The Labute approximate surface area is 170 Å². The lowest BCUT2D eigenvalue weighted by Gasteiger charge is -2.18. The van der Waals surface area contributed by atoms with Crippen LogP contribution >= 0.6 is 11.6 Å². The van der Waals surface area contributed by atoms with Crippen molar-refractivity contribution in [1.82, 2.24) is 4.90 Å². The number of benzene rings is 2. The van der Waals surface area contributed by atoms with Crippen LogP contribution in [0.3, 0.4) is 0 Å². The molecule has 0 aliphatic heterocycles. The van der Waals surface area contributed by atoms with E-state index in [4.69, 9.17) is 11.6 Å². The molecule has 6 nitrogen and oxygen atoms in total. The van der Waals surface area contributed by atoms with Gasteiger partial charge in [0, 0.05) is 30.8 Å². The number of hydrogen-bond acceptors (Lipinski definition) is 4. The van der Waals surface area contributed by atoms with Gasteiger partial charge >= 0.3 is 0 Å². The van der Waals surface area contributed by atoms with E-state index in [-0.39, 0.29) is 28.0 Å². The number of rotatable bonds is 8. The molecule has 0 saturated heterocycles. The van der Waals surface area contributed by atoms with E-state index in [9.17, 15) is 18.0 Å². The zero-order valence-corrected chi connectivity index (χ0v) is 17.4. The van der Waals surface area contributed by atoms with Crippen LogP contribution in [-0.2, 0) is 14.6 Å². The summed E-state index contributed by atoms with van der Waals surface area (Å²) in [4.78, 5) is 26.1. The first-order chi connectivity index (χ1) is 13.3. The highest BCUT2D eigenvalue weighted by atomic mass is 35.5. The van der Waals surface area contributed by atoms with Crippen molar-refractivity contribution in [2.75, 3.05) is 24.2 Å². The van der Waals surface area contributed by atoms with Crippen molar-refractivity contribution < 1.29 is 18.0 Å². The largest absolute Gasteiger partial charge is 0.339 e. The molecule has 0 unspecified atom stereocenters. The highest BCUT2D eigenvalue weighted by molar-refractivity contribution is 7.91. The fourth-order valence-corrected chi connectivity index (χ4v) is 4.46. The number of anilines is 1. The molecule has 0 spiro atoms. The number of carbonyl (C=O) groups is 2. The van der Waals surface area contributed by atoms with Gasteiger partial charge < -0.3 is 10.2 Å². The number of nitrogens with one attached hydrogen (secondary N) is 1. The van der Waals surface area contributed by atoms with Gasteiger partial charge in [-0.3, -0.25) is 9.59 Å². The Balaban J connectivity index is 1.96. The number of carbonyl (C=O) groups excluding carboxylic acids is 2. The Kier molecular flexibility index (Phi) is 7.60.